The van der Waals surface area contributed by atoms with Gasteiger partial charge in [-0.15, -0.1) is 0 Å². The molecule has 2 aromatic heterocycles. The molecule has 0 unspecified atom stereocenters. The lowest BCUT2D eigenvalue weighted by atomic mass is 9.88. The molecule has 4 amide bonds. The van der Waals surface area contributed by atoms with Gasteiger partial charge in [0.1, 0.15) is 29.0 Å². The molecule has 15 nitrogen and oxygen atoms in total. The van der Waals surface area contributed by atoms with Gasteiger partial charge in [0.2, 0.25) is 27.7 Å². The fraction of sp³-hybridized carbons (Fsp3) is 0.600. The number of carbonyl (C=O) groups is 4. The highest BCUT2D eigenvalue weighted by molar-refractivity contribution is 7.91. The number of carbonyl (C=O) groups excluding carboxylic acids is 3. The van der Waals surface area contributed by atoms with Crippen molar-refractivity contribution in [3.8, 4) is 11.6 Å². The summed E-state index contributed by atoms with van der Waals surface area (Å²) in [6.45, 7) is 3.39. The molecule has 1 saturated heterocycles. The van der Waals surface area contributed by atoms with Crippen molar-refractivity contribution in [2.24, 2.45) is 5.92 Å². The molecular weight excluding hydrogens is 680 g/mol. The number of aryl methyl sites for hydroxylation is 2. The fourth-order valence-electron chi connectivity index (χ4n) is 7.79. The number of nitrogens with zero attached hydrogens (tertiary/aromatic N) is 3. The number of aromatic nitrogens is 2. The molecule has 274 valence electrons. The molecule has 0 radical (unpaired) electrons. The van der Waals surface area contributed by atoms with Crippen LogP contribution in [0.1, 0.15) is 82.4 Å². The number of hydrogen-bond acceptors (Lipinski definition) is 10. The third kappa shape index (κ3) is 6.35. The maximum absolute atomic E-state index is 14.4. The number of amides is 4. The standard InChI is InChI=1S/C35H44N6O9S/c1-20-28-22(27-23(36-20)11-12-26(38-27)49-3)13-14-34(50-28)18-25-29(42)39-35(31(44)40-51(47,48)33(2)15-16-33)17-21(35)9-7-5-4-6-8-10-24(37-32(45)46)30(43)41(25)19-34/h7,9,11-12,21,24-25,37H,4-6,8,10,13-19H2,1-3H3,(H,39,42)(H,40,44)(H,45,46)/b9-7-/t21-,24+,25+,34-,35-/m1/s1. The van der Waals surface area contributed by atoms with Crippen molar-refractivity contribution < 1.29 is 42.2 Å². The van der Waals surface area contributed by atoms with Gasteiger partial charge in [0.15, 0.2) is 0 Å². The van der Waals surface area contributed by atoms with E-state index in [0.717, 1.165) is 18.4 Å². The number of sulfonamides is 1. The first-order chi connectivity index (χ1) is 24.2. The normalized spacial score (nSPS) is 30.7. The third-order valence-electron chi connectivity index (χ3n) is 11.3. The van der Waals surface area contributed by atoms with E-state index in [2.05, 4.69) is 20.3 Å². The van der Waals surface area contributed by atoms with Crippen molar-refractivity contribution >= 4 is 44.9 Å². The van der Waals surface area contributed by atoms with Crippen LogP contribution in [0.15, 0.2) is 24.3 Å². The average Bonchev–Trinajstić information content (AvgIpc) is 3.98. The van der Waals surface area contributed by atoms with Crippen molar-refractivity contribution in [2.45, 2.75) is 112 Å². The highest BCUT2D eigenvalue weighted by Crippen LogP contribution is 2.49. The van der Waals surface area contributed by atoms with E-state index >= 15 is 0 Å². The third-order valence-corrected chi connectivity index (χ3v) is 13.5. The second-order valence-corrected chi connectivity index (χ2v) is 17.1. The summed E-state index contributed by atoms with van der Waals surface area (Å²) >= 11 is 0. The van der Waals surface area contributed by atoms with Gasteiger partial charge in [0, 0.05) is 24.0 Å². The first-order valence-corrected chi connectivity index (χ1v) is 19.1. The Labute approximate surface area is 296 Å². The summed E-state index contributed by atoms with van der Waals surface area (Å²) in [5.41, 5.74) is 0.194. The highest BCUT2D eigenvalue weighted by Gasteiger charge is 2.64. The maximum atomic E-state index is 14.4. The van der Waals surface area contributed by atoms with E-state index in [4.69, 9.17) is 14.5 Å². The Bertz CT molecular complexity index is 1950. The molecule has 0 aromatic carbocycles. The molecule has 7 rings (SSSR count). The predicted octanol–water partition coefficient (Wildman–Crippen LogP) is 2.64. The minimum Gasteiger partial charge on any atom is -0.483 e. The number of carboxylic acid groups (broad SMARTS) is 1. The largest absolute Gasteiger partial charge is 0.483 e. The lowest BCUT2D eigenvalue weighted by Crippen LogP contribution is -2.58. The summed E-state index contributed by atoms with van der Waals surface area (Å²) in [7, 11) is -2.46. The monoisotopic (exact) mass is 724 g/mol. The number of pyridine rings is 2. The van der Waals surface area contributed by atoms with E-state index in [-0.39, 0.29) is 25.8 Å². The van der Waals surface area contributed by atoms with Crippen molar-refractivity contribution in [1.82, 2.24) is 30.2 Å². The molecule has 5 atom stereocenters. The van der Waals surface area contributed by atoms with Crippen molar-refractivity contribution in [2.75, 3.05) is 13.7 Å². The number of ether oxygens (including phenoxy) is 2. The van der Waals surface area contributed by atoms with E-state index in [0.29, 0.717) is 66.9 Å². The van der Waals surface area contributed by atoms with Gasteiger partial charge in [-0.3, -0.25) is 19.1 Å². The first-order valence-electron chi connectivity index (χ1n) is 17.6. The van der Waals surface area contributed by atoms with Gasteiger partial charge in [-0.1, -0.05) is 25.0 Å². The van der Waals surface area contributed by atoms with Crippen LogP contribution in [0, 0.1) is 12.8 Å². The van der Waals surface area contributed by atoms with Crippen LogP contribution in [0.5, 0.6) is 11.6 Å². The number of methoxy groups -OCH3 is 1. The Morgan fingerprint density at radius 3 is 2.63 bits per heavy atom. The Balaban J connectivity index is 1.23. The van der Waals surface area contributed by atoms with E-state index in [1.165, 1.54) is 12.0 Å². The lowest BCUT2D eigenvalue weighted by Gasteiger charge is -2.36. The topological polar surface area (TPSA) is 206 Å². The molecule has 2 saturated carbocycles. The van der Waals surface area contributed by atoms with Crippen LogP contribution >= 0.6 is 0 Å². The van der Waals surface area contributed by atoms with Crippen LogP contribution < -0.4 is 24.8 Å². The highest BCUT2D eigenvalue weighted by atomic mass is 32.2. The summed E-state index contributed by atoms with van der Waals surface area (Å²) in [6, 6.07) is 1.31. The summed E-state index contributed by atoms with van der Waals surface area (Å²) in [5, 5.41) is 14.9. The van der Waals surface area contributed by atoms with E-state index < -0.39 is 67.7 Å². The van der Waals surface area contributed by atoms with Crippen LogP contribution in [0.4, 0.5) is 4.79 Å². The number of fused-ring (bicyclic) bond motifs is 5. The molecule has 5 aliphatic rings. The van der Waals surface area contributed by atoms with Crippen LogP contribution in [-0.2, 0) is 30.8 Å². The van der Waals surface area contributed by atoms with Crippen LogP contribution in [0.3, 0.4) is 0 Å². The van der Waals surface area contributed by atoms with Gasteiger partial charge in [0.25, 0.3) is 5.91 Å². The summed E-state index contributed by atoms with van der Waals surface area (Å²) in [6.07, 6.45) is 7.43. The second-order valence-electron chi connectivity index (χ2n) is 14.9. The van der Waals surface area contributed by atoms with Crippen molar-refractivity contribution in [3.63, 3.8) is 0 Å². The minimum absolute atomic E-state index is 0.0144. The number of nitrogens with one attached hydrogen (secondary N) is 3. The minimum atomic E-state index is -3.99. The van der Waals surface area contributed by atoms with Gasteiger partial charge in [0.05, 0.1) is 35.1 Å². The van der Waals surface area contributed by atoms with Gasteiger partial charge in [-0.05, 0) is 71.3 Å². The number of allylic oxidation sites excluding steroid dienone is 1. The van der Waals surface area contributed by atoms with Crippen molar-refractivity contribution in [3.05, 3.63) is 35.5 Å². The average molecular weight is 725 g/mol. The lowest BCUT2D eigenvalue weighted by molar-refractivity contribution is -0.141. The molecule has 0 bridgehead atoms. The maximum Gasteiger partial charge on any atom is 0.405 e. The molecule has 3 aliphatic heterocycles. The summed E-state index contributed by atoms with van der Waals surface area (Å²) in [4.78, 5) is 65.1. The SMILES string of the molecule is COc1ccc2nc(C)c3c(c2n1)CC[C@]1(C[C@H]2C(=O)N[C@]4(C(=O)NS(=O)(=O)C5(C)CC5)C[C@H]4/C=C\CCCCC[C@H](NC(=O)O)C(=O)N2C1)O3. The van der Waals surface area contributed by atoms with E-state index in [1.54, 1.807) is 13.0 Å². The van der Waals surface area contributed by atoms with Gasteiger partial charge >= 0.3 is 6.09 Å². The zero-order valence-corrected chi connectivity index (χ0v) is 29.8. The van der Waals surface area contributed by atoms with Gasteiger partial charge in [-0.25, -0.2) is 23.2 Å². The zero-order chi connectivity index (χ0) is 36.3. The predicted molar refractivity (Wildman–Crippen MR) is 183 cm³/mol. The molecule has 1 spiro atoms. The molecule has 2 aliphatic carbocycles. The second kappa shape index (κ2) is 12.6. The molecule has 3 fully saturated rings. The quantitative estimate of drug-likeness (QED) is 0.330. The van der Waals surface area contributed by atoms with Crippen LogP contribution in [-0.4, -0.2) is 93.8 Å². The zero-order valence-electron chi connectivity index (χ0n) is 29.0. The van der Waals surface area contributed by atoms with Gasteiger partial charge in [-0.2, -0.15) is 0 Å². The first kappa shape index (κ1) is 35.0. The van der Waals surface area contributed by atoms with Gasteiger partial charge < -0.3 is 30.1 Å². The summed E-state index contributed by atoms with van der Waals surface area (Å²) < 4.78 is 39.5. The summed E-state index contributed by atoms with van der Waals surface area (Å²) in [5.74, 6) is -1.53. The van der Waals surface area contributed by atoms with Crippen LogP contribution in [0.2, 0.25) is 0 Å². The number of rotatable bonds is 5. The Kier molecular flexibility index (Phi) is 8.66. The Morgan fingerprint density at radius 2 is 1.90 bits per heavy atom. The number of hydrogen-bond donors (Lipinski definition) is 4. The smallest absolute Gasteiger partial charge is 0.405 e. The van der Waals surface area contributed by atoms with Crippen molar-refractivity contribution in [1.29, 1.82) is 0 Å². The van der Waals surface area contributed by atoms with Crippen LogP contribution in [0.25, 0.3) is 11.0 Å². The molecule has 16 heteroatoms. The Morgan fingerprint density at radius 1 is 1.12 bits per heavy atom. The molecular formula is C35H44N6O9S. The van der Waals surface area contributed by atoms with E-state index in [9.17, 15) is 32.7 Å². The molecule has 4 N–H and O–H groups in total. The molecule has 51 heavy (non-hydrogen) atoms. The van der Waals surface area contributed by atoms with E-state index in [1.807, 2.05) is 25.1 Å². The fourth-order valence-corrected chi connectivity index (χ4v) is 9.11. The Hall–Kier alpha value is -4.47. The molecule has 5 heterocycles. The molecule has 2 aromatic rings.